The molecular formula is C18H29BrN4O2. The van der Waals surface area contributed by atoms with Crippen LogP contribution in [0.15, 0.2) is 33.7 Å². The predicted octanol–water partition coefficient (Wildman–Crippen LogP) is 1.54. The van der Waals surface area contributed by atoms with Crippen molar-refractivity contribution in [2.24, 2.45) is 4.99 Å². The number of guanidine groups is 1. The van der Waals surface area contributed by atoms with Crippen LogP contribution >= 0.6 is 15.9 Å². The van der Waals surface area contributed by atoms with Gasteiger partial charge in [-0.3, -0.25) is 9.89 Å². The molecule has 7 heteroatoms. The summed E-state index contributed by atoms with van der Waals surface area (Å²) in [6.45, 7) is 7.73. The second kappa shape index (κ2) is 10.1. The number of hydrogen-bond acceptors (Lipinski definition) is 4. The first-order valence-corrected chi connectivity index (χ1v) is 9.60. The molecule has 0 amide bonds. The molecule has 0 aliphatic carbocycles. The monoisotopic (exact) mass is 412 g/mol. The summed E-state index contributed by atoms with van der Waals surface area (Å²) in [5.74, 6) is 0.706. The Hall–Kier alpha value is -1.15. The van der Waals surface area contributed by atoms with E-state index < -0.39 is 5.60 Å². The zero-order chi connectivity index (χ0) is 18.1. The molecule has 1 fully saturated rings. The van der Waals surface area contributed by atoms with E-state index in [2.05, 4.69) is 36.5 Å². The SMILES string of the molecule is CCC(O)(CNC(=NC)NCCN1CCOCC1)c1ccc(Br)cc1. The van der Waals surface area contributed by atoms with Crippen molar-refractivity contribution in [2.45, 2.75) is 18.9 Å². The largest absolute Gasteiger partial charge is 0.383 e. The Morgan fingerprint density at radius 3 is 2.56 bits per heavy atom. The Kier molecular flexibility index (Phi) is 8.15. The van der Waals surface area contributed by atoms with E-state index in [0.29, 0.717) is 18.9 Å². The lowest BCUT2D eigenvalue weighted by Gasteiger charge is -2.29. The lowest BCUT2D eigenvalue weighted by molar-refractivity contribution is 0.0363. The first kappa shape index (κ1) is 20.2. The van der Waals surface area contributed by atoms with Crippen LogP contribution in [-0.2, 0) is 10.3 Å². The molecular weight excluding hydrogens is 384 g/mol. The van der Waals surface area contributed by atoms with Crippen molar-refractivity contribution in [3.8, 4) is 0 Å². The Morgan fingerprint density at radius 1 is 1.28 bits per heavy atom. The minimum atomic E-state index is -0.928. The van der Waals surface area contributed by atoms with E-state index in [1.165, 1.54) is 0 Å². The van der Waals surface area contributed by atoms with E-state index in [1.807, 2.05) is 31.2 Å². The van der Waals surface area contributed by atoms with Gasteiger partial charge in [-0.05, 0) is 24.1 Å². The summed E-state index contributed by atoms with van der Waals surface area (Å²) in [5, 5.41) is 17.5. The first-order valence-electron chi connectivity index (χ1n) is 8.80. The van der Waals surface area contributed by atoms with Crippen LogP contribution in [0.1, 0.15) is 18.9 Å². The lowest BCUT2D eigenvalue weighted by Crippen LogP contribution is -2.48. The maximum absolute atomic E-state index is 11.0. The smallest absolute Gasteiger partial charge is 0.191 e. The molecule has 0 aromatic heterocycles. The fourth-order valence-corrected chi connectivity index (χ4v) is 3.06. The third-order valence-electron chi connectivity index (χ3n) is 4.56. The third kappa shape index (κ3) is 6.26. The molecule has 1 aromatic carbocycles. The van der Waals surface area contributed by atoms with Gasteiger partial charge in [0.25, 0.3) is 0 Å². The van der Waals surface area contributed by atoms with Crippen LogP contribution in [0.25, 0.3) is 0 Å². The topological polar surface area (TPSA) is 69.1 Å². The molecule has 0 saturated carbocycles. The number of rotatable bonds is 7. The summed E-state index contributed by atoms with van der Waals surface area (Å²) >= 11 is 3.43. The number of hydrogen-bond donors (Lipinski definition) is 3. The molecule has 1 saturated heterocycles. The zero-order valence-electron chi connectivity index (χ0n) is 15.1. The zero-order valence-corrected chi connectivity index (χ0v) is 16.7. The van der Waals surface area contributed by atoms with Gasteiger partial charge in [0.1, 0.15) is 5.60 Å². The molecule has 0 bridgehead atoms. The molecule has 1 aromatic rings. The van der Waals surface area contributed by atoms with Crippen molar-refractivity contribution in [2.75, 3.05) is 53.0 Å². The van der Waals surface area contributed by atoms with Gasteiger partial charge in [-0.25, -0.2) is 0 Å². The minimum absolute atomic E-state index is 0.405. The van der Waals surface area contributed by atoms with Crippen LogP contribution in [0.2, 0.25) is 0 Å². The number of nitrogens with zero attached hydrogens (tertiary/aromatic N) is 2. The minimum Gasteiger partial charge on any atom is -0.383 e. The number of aliphatic hydroxyl groups is 1. The molecule has 25 heavy (non-hydrogen) atoms. The normalized spacial score (nSPS) is 18.6. The van der Waals surface area contributed by atoms with E-state index in [-0.39, 0.29) is 0 Å². The maximum atomic E-state index is 11.0. The van der Waals surface area contributed by atoms with Gasteiger partial charge < -0.3 is 20.5 Å². The summed E-state index contributed by atoms with van der Waals surface area (Å²) in [6, 6.07) is 7.80. The number of ether oxygens (including phenoxy) is 1. The standard InChI is InChI=1S/C18H29BrN4O2/c1-3-18(24,15-4-6-16(19)7-5-15)14-22-17(20-2)21-8-9-23-10-12-25-13-11-23/h4-7,24H,3,8-14H2,1-2H3,(H2,20,21,22). The van der Waals surface area contributed by atoms with Gasteiger partial charge in [0.2, 0.25) is 0 Å². The van der Waals surface area contributed by atoms with Crippen LogP contribution in [0.4, 0.5) is 0 Å². The van der Waals surface area contributed by atoms with E-state index in [0.717, 1.165) is 49.4 Å². The summed E-state index contributed by atoms with van der Waals surface area (Å²) < 4.78 is 6.36. The highest BCUT2D eigenvalue weighted by Gasteiger charge is 2.27. The fraction of sp³-hybridized carbons (Fsp3) is 0.611. The average Bonchev–Trinajstić information content (AvgIpc) is 2.65. The molecule has 0 spiro atoms. The molecule has 2 rings (SSSR count). The molecule has 1 unspecified atom stereocenters. The Bertz CT molecular complexity index is 547. The van der Waals surface area contributed by atoms with Gasteiger partial charge in [-0.2, -0.15) is 0 Å². The molecule has 0 radical (unpaired) electrons. The lowest BCUT2D eigenvalue weighted by atomic mass is 9.91. The Labute approximate surface area is 158 Å². The third-order valence-corrected chi connectivity index (χ3v) is 5.09. The number of aliphatic imine (C=N–C) groups is 1. The number of nitrogens with one attached hydrogen (secondary N) is 2. The maximum Gasteiger partial charge on any atom is 0.191 e. The van der Waals surface area contributed by atoms with Crippen LogP contribution in [0.5, 0.6) is 0 Å². The molecule has 1 heterocycles. The Morgan fingerprint density at radius 2 is 1.96 bits per heavy atom. The number of benzene rings is 1. The molecule has 6 nitrogen and oxygen atoms in total. The van der Waals surface area contributed by atoms with Crippen molar-refractivity contribution in [1.82, 2.24) is 15.5 Å². The van der Waals surface area contributed by atoms with Gasteiger partial charge in [0, 0.05) is 37.7 Å². The summed E-state index contributed by atoms with van der Waals surface area (Å²) in [6.07, 6.45) is 0.617. The van der Waals surface area contributed by atoms with Crippen LogP contribution < -0.4 is 10.6 Å². The van der Waals surface area contributed by atoms with Gasteiger partial charge in [-0.1, -0.05) is 35.0 Å². The summed E-state index contributed by atoms with van der Waals surface area (Å²) in [7, 11) is 1.74. The van der Waals surface area contributed by atoms with Gasteiger partial charge >= 0.3 is 0 Å². The number of morpholine rings is 1. The van der Waals surface area contributed by atoms with Crippen LogP contribution in [0.3, 0.4) is 0 Å². The van der Waals surface area contributed by atoms with Crippen LogP contribution in [-0.4, -0.2) is 69.0 Å². The highest BCUT2D eigenvalue weighted by molar-refractivity contribution is 9.10. The van der Waals surface area contributed by atoms with E-state index in [4.69, 9.17) is 4.74 Å². The van der Waals surface area contributed by atoms with Gasteiger partial charge in [-0.15, -0.1) is 0 Å². The fourth-order valence-electron chi connectivity index (χ4n) is 2.80. The van der Waals surface area contributed by atoms with Gasteiger partial charge in [0.05, 0.1) is 19.8 Å². The van der Waals surface area contributed by atoms with E-state index >= 15 is 0 Å². The molecule has 1 atom stereocenters. The van der Waals surface area contributed by atoms with Crippen molar-refractivity contribution < 1.29 is 9.84 Å². The highest BCUT2D eigenvalue weighted by Crippen LogP contribution is 2.25. The molecule has 140 valence electrons. The van der Waals surface area contributed by atoms with E-state index in [1.54, 1.807) is 7.05 Å². The summed E-state index contributed by atoms with van der Waals surface area (Å²) in [4.78, 5) is 6.62. The second-order valence-corrected chi connectivity index (χ2v) is 7.11. The molecule has 1 aliphatic rings. The van der Waals surface area contributed by atoms with E-state index in [9.17, 15) is 5.11 Å². The predicted molar refractivity (Wildman–Crippen MR) is 105 cm³/mol. The Balaban J connectivity index is 1.82. The number of halogens is 1. The average molecular weight is 413 g/mol. The van der Waals surface area contributed by atoms with Gasteiger partial charge in [0.15, 0.2) is 5.96 Å². The quantitative estimate of drug-likeness (QED) is 0.468. The second-order valence-electron chi connectivity index (χ2n) is 6.20. The van der Waals surface area contributed by atoms with Crippen molar-refractivity contribution in [3.05, 3.63) is 34.3 Å². The van der Waals surface area contributed by atoms with Crippen molar-refractivity contribution in [3.63, 3.8) is 0 Å². The van der Waals surface area contributed by atoms with Crippen molar-refractivity contribution >= 4 is 21.9 Å². The van der Waals surface area contributed by atoms with Crippen molar-refractivity contribution in [1.29, 1.82) is 0 Å². The molecule has 1 aliphatic heterocycles. The first-order chi connectivity index (χ1) is 12.1. The summed E-state index contributed by atoms with van der Waals surface area (Å²) in [5.41, 5.74) is -0.0304. The molecule has 3 N–H and O–H groups in total. The highest BCUT2D eigenvalue weighted by atomic mass is 79.9. The van der Waals surface area contributed by atoms with Crippen LogP contribution in [0, 0.1) is 0 Å².